The van der Waals surface area contributed by atoms with Crippen LogP contribution in [0.25, 0.3) is 12.2 Å². The molecule has 9 nitrogen and oxygen atoms in total. The van der Waals surface area contributed by atoms with Crippen molar-refractivity contribution in [1.29, 1.82) is 0 Å². The van der Waals surface area contributed by atoms with Crippen LogP contribution in [-0.2, 0) is 14.3 Å². The lowest BCUT2D eigenvalue weighted by molar-refractivity contribution is -0.149. The molecule has 0 bridgehead atoms. The second-order valence-corrected chi connectivity index (χ2v) is 9.12. The molecule has 1 heterocycles. The molecule has 38 heavy (non-hydrogen) atoms. The van der Waals surface area contributed by atoms with Crippen LogP contribution in [0.1, 0.15) is 38.8 Å². The number of allylic oxidation sites excluding steroid dienone is 2. The maximum atomic E-state index is 10.8. The number of phenolic OH excluding ortho intramolecular Hbond substituents is 1. The van der Waals surface area contributed by atoms with Crippen LogP contribution in [0.5, 0.6) is 11.5 Å². The van der Waals surface area contributed by atoms with E-state index >= 15 is 0 Å². The first-order valence-electron chi connectivity index (χ1n) is 11.5. The number of ether oxygens (including phenoxy) is 3. The predicted octanol–water partition coefficient (Wildman–Crippen LogP) is 6.37. The number of hydrogen-bond acceptors (Lipinski definition) is 9. The summed E-state index contributed by atoms with van der Waals surface area (Å²) < 4.78 is 15.1. The van der Waals surface area contributed by atoms with Gasteiger partial charge in [0, 0.05) is 5.57 Å². The normalized spacial score (nSPS) is 15.6. The molecule has 1 unspecified atom stereocenters. The van der Waals surface area contributed by atoms with E-state index in [2.05, 4.69) is 6.58 Å². The zero-order chi connectivity index (χ0) is 28.5. The van der Waals surface area contributed by atoms with Crippen LogP contribution in [0.15, 0.2) is 96.1 Å². The molecular weight excluding hydrogens is 492 g/mol. The summed E-state index contributed by atoms with van der Waals surface area (Å²) in [5.41, 5.74) is 1.87. The van der Waals surface area contributed by atoms with Crippen molar-refractivity contribution >= 4 is 18.1 Å². The van der Waals surface area contributed by atoms with Gasteiger partial charge >= 0.3 is 18.2 Å². The highest BCUT2D eigenvalue weighted by molar-refractivity contribution is 5.87. The largest absolute Gasteiger partial charge is 0.508 e. The number of phenols is 1. The Morgan fingerprint density at radius 3 is 1.82 bits per heavy atom. The summed E-state index contributed by atoms with van der Waals surface area (Å²) in [6, 6.07) is 13.6. The van der Waals surface area contributed by atoms with E-state index in [-0.39, 0.29) is 11.7 Å². The van der Waals surface area contributed by atoms with Gasteiger partial charge in [-0.25, -0.2) is 4.79 Å². The third-order valence-corrected chi connectivity index (χ3v) is 4.56. The van der Waals surface area contributed by atoms with Gasteiger partial charge in [-0.05, 0) is 63.1 Å². The molecule has 0 saturated carbocycles. The van der Waals surface area contributed by atoms with Crippen molar-refractivity contribution in [3.8, 4) is 11.5 Å². The highest BCUT2D eigenvalue weighted by atomic mass is 16.7. The minimum atomic E-state index is -1.48. The molecule has 2 aromatic rings. The smallest absolute Gasteiger partial charge is 0.333 e. The number of benzene rings is 2. The van der Waals surface area contributed by atoms with E-state index in [0.717, 1.165) is 11.1 Å². The van der Waals surface area contributed by atoms with Gasteiger partial charge in [0.05, 0.1) is 0 Å². The molecule has 2 aromatic carbocycles. The van der Waals surface area contributed by atoms with E-state index in [4.69, 9.17) is 14.2 Å². The summed E-state index contributed by atoms with van der Waals surface area (Å²) in [6.45, 7) is 10.6. The highest BCUT2D eigenvalue weighted by Crippen LogP contribution is 2.26. The van der Waals surface area contributed by atoms with E-state index in [0.29, 0.717) is 11.3 Å². The fourth-order valence-corrected chi connectivity index (χ4v) is 2.69. The average molecular weight is 525 g/mol. The van der Waals surface area contributed by atoms with Gasteiger partial charge in [0.2, 0.25) is 17.3 Å². The van der Waals surface area contributed by atoms with Gasteiger partial charge < -0.3 is 39.7 Å². The summed E-state index contributed by atoms with van der Waals surface area (Å²) in [7, 11) is 0. The molecule has 0 radical (unpaired) electrons. The molecule has 5 N–H and O–H groups in total. The third kappa shape index (κ3) is 9.34. The van der Waals surface area contributed by atoms with Crippen molar-refractivity contribution in [1.82, 2.24) is 0 Å². The molecule has 0 aliphatic carbocycles. The maximum Gasteiger partial charge on any atom is 0.333 e. The fourth-order valence-electron chi connectivity index (χ4n) is 2.69. The lowest BCUT2D eigenvalue weighted by Crippen LogP contribution is -2.28. The maximum absolute atomic E-state index is 10.8. The Morgan fingerprint density at radius 1 is 0.868 bits per heavy atom. The van der Waals surface area contributed by atoms with Crippen molar-refractivity contribution in [2.75, 3.05) is 0 Å². The third-order valence-electron chi connectivity index (χ3n) is 4.56. The molecule has 9 heteroatoms. The molecule has 1 aliphatic heterocycles. The molecule has 0 spiro atoms. The molecule has 3 rings (SSSR count). The molecule has 202 valence electrons. The molecule has 0 amide bonds. The summed E-state index contributed by atoms with van der Waals surface area (Å²) in [5, 5.41) is 47.1. The van der Waals surface area contributed by atoms with E-state index in [1.165, 1.54) is 0 Å². The monoisotopic (exact) mass is 524 g/mol. The Morgan fingerprint density at radius 2 is 1.37 bits per heavy atom. The van der Waals surface area contributed by atoms with Crippen LogP contribution in [0.4, 0.5) is 0 Å². The number of rotatable bonds is 6. The van der Waals surface area contributed by atoms with Gasteiger partial charge in [0.1, 0.15) is 17.1 Å². The van der Waals surface area contributed by atoms with E-state index < -0.39 is 35.1 Å². The minimum Gasteiger partial charge on any atom is -0.508 e. The first-order valence-corrected chi connectivity index (χ1v) is 11.5. The number of aliphatic hydroxyl groups excluding tert-OH is 4. The van der Waals surface area contributed by atoms with Gasteiger partial charge in [0.25, 0.3) is 0 Å². The number of carbonyl (C=O) groups is 1. The van der Waals surface area contributed by atoms with Crippen LogP contribution in [-0.4, -0.2) is 43.4 Å². The van der Waals surface area contributed by atoms with Crippen molar-refractivity contribution in [3.63, 3.8) is 0 Å². The first-order chi connectivity index (χ1) is 17.8. The van der Waals surface area contributed by atoms with Gasteiger partial charge in [-0.15, -0.1) is 0 Å². The average Bonchev–Trinajstić information content (AvgIpc) is 2.85. The first kappa shape index (κ1) is 29.4. The number of aromatic hydroxyl groups is 1. The van der Waals surface area contributed by atoms with Crippen LogP contribution < -0.4 is 4.74 Å². The number of hydrogen-bond donors (Lipinski definition) is 5. The van der Waals surface area contributed by atoms with E-state index in [1.54, 1.807) is 55.5 Å². The van der Waals surface area contributed by atoms with Gasteiger partial charge in [-0.2, -0.15) is 0 Å². The van der Waals surface area contributed by atoms with Crippen LogP contribution in [0.3, 0.4) is 0 Å². The molecule has 0 aromatic heterocycles. The molecule has 0 fully saturated rings. The fraction of sp³-hybridized carbons (Fsp3) is 0.207. The second kappa shape index (κ2) is 13.0. The van der Waals surface area contributed by atoms with E-state index in [9.17, 15) is 30.3 Å². The standard InChI is InChI=1S/C21H18O7.C8H14O2/c22-15-9-5-13(6-10-15)3-1-2-4-14-7-11-16(12-8-14)27-21-19(25)17(23)18(24)20(26)28-21;1-6(2)7(9)10-8(3,4)5/h1-12,21-26H;1H2,2-5H3. The Hall–Kier alpha value is -4.79. The van der Waals surface area contributed by atoms with Gasteiger partial charge in [0.15, 0.2) is 0 Å². The molecule has 1 aliphatic rings. The number of aliphatic hydroxyl groups is 4. The molecule has 0 saturated heterocycles. The molecule has 1 atom stereocenters. The van der Waals surface area contributed by atoms with Crippen molar-refractivity contribution < 1.29 is 44.5 Å². The van der Waals surface area contributed by atoms with Crippen LogP contribution >= 0.6 is 0 Å². The Bertz CT molecular complexity index is 1240. The Labute approximate surface area is 221 Å². The highest BCUT2D eigenvalue weighted by Gasteiger charge is 2.32. The van der Waals surface area contributed by atoms with Crippen LogP contribution in [0, 0.1) is 0 Å². The Kier molecular flexibility index (Phi) is 10.0. The lowest BCUT2D eigenvalue weighted by Gasteiger charge is -2.23. The van der Waals surface area contributed by atoms with Crippen molar-refractivity contribution in [2.45, 2.75) is 39.6 Å². The van der Waals surface area contributed by atoms with Gasteiger partial charge in [-0.1, -0.05) is 55.1 Å². The summed E-state index contributed by atoms with van der Waals surface area (Å²) in [6.07, 6.45) is 5.99. The number of esters is 1. The number of carbonyl (C=O) groups excluding carboxylic acids is 1. The quantitative estimate of drug-likeness (QED) is 0.165. The lowest BCUT2D eigenvalue weighted by atomic mass is 10.2. The summed E-state index contributed by atoms with van der Waals surface area (Å²) in [5.74, 6) is -3.36. The van der Waals surface area contributed by atoms with Crippen LogP contribution in [0.2, 0.25) is 0 Å². The molecular formula is C29H32O9. The summed E-state index contributed by atoms with van der Waals surface area (Å²) in [4.78, 5) is 10.8. The minimum absolute atomic E-state index is 0.218. The van der Waals surface area contributed by atoms with Crippen molar-refractivity contribution in [3.05, 3.63) is 107 Å². The second-order valence-electron chi connectivity index (χ2n) is 9.12. The topological polar surface area (TPSA) is 146 Å². The van der Waals surface area contributed by atoms with Crippen molar-refractivity contribution in [2.24, 2.45) is 0 Å². The summed E-state index contributed by atoms with van der Waals surface area (Å²) >= 11 is 0. The van der Waals surface area contributed by atoms with E-state index in [1.807, 2.05) is 45.1 Å². The SMILES string of the molecule is C=C(C)C(=O)OC(C)(C)C.OC1=C(O)C(O)=C(O)C(Oc2ccc(C=CC=Cc3ccc(O)cc3)cc2)O1. The zero-order valence-corrected chi connectivity index (χ0v) is 21.6. The Balaban J connectivity index is 0.000000432. The van der Waals surface area contributed by atoms with Gasteiger partial charge in [-0.3, -0.25) is 0 Å². The predicted molar refractivity (Wildman–Crippen MR) is 143 cm³/mol. The zero-order valence-electron chi connectivity index (χ0n) is 21.6.